The average Bonchev–Trinajstić information content (AvgIpc) is 3.12. The van der Waals surface area contributed by atoms with E-state index in [1.54, 1.807) is 6.07 Å². The van der Waals surface area contributed by atoms with Crippen LogP contribution in [0.2, 0.25) is 5.02 Å². The van der Waals surface area contributed by atoms with Gasteiger partial charge in [-0.3, -0.25) is 4.79 Å². The molecule has 1 N–H and O–H groups in total. The number of carbonyl (C=O) groups excluding carboxylic acids is 1. The van der Waals surface area contributed by atoms with Crippen LogP contribution in [0.5, 0.6) is 0 Å². The van der Waals surface area contributed by atoms with Crippen molar-refractivity contribution in [2.45, 2.75) is 12.5 Å². The summed E-state index contributed by atoms with van der Waals surface area (Å²) in [6, 6.07) is 6.22. The van der Waals surface area contributed by atoms with Crippen LogP contribution in [0.15, 0.2) is 35.1 Å². The molecule has 1 aromatic heterocycles. The third-order valence-electron chi connectivity index (χ3n) is 3.46. The fourth-order valence-electron chi connectivity index (χ4n) is 2.38. The van der Waals surface area contributed by atoms with Gasteiger partial charge < -0.3 is 14.7 Å². The number of halogens is 2. The van der Waals surface area contributed by atoms with E-state index in [0.29, 0.717) is 6.54 Å². The molecule has 21 heavy (non-hydrogen) atoms. The Bertz CT molecular complexity index is 648. The molecule has 1 aliphatic rings. The quantitative estimate of drug-likeness (QED) is 0.946. The van der Waals surface area contributed by atoms with Crippen LogP contribution in [0.25, 0.3) is 0 Å². The maximum atomic E-state index is 13.5. The first-order valence-electron chi connectivity index (χ1n) is 6.55. The number of amides is 1. The minimum atomic E-state index is -0.441. The van der Waals surface area contributed by atoms with Crippen molar-refractivity contribution in [1.82, 2.24) is 10.5 Å². The number of rotatable bonds is 3. The van der Waals surface area contributed by atoms with E-state index in [9.17, 15) is 9.18 Å². The smallest absolute Gasteiger partial charge is 0.273 e. The van der Waals surface area contributed by atoms with E-state index in [-0.39, 0.29) is 22.7 Å². The molecule has 0 bridgehead atoms. The SMILES string of the molecule is O=C(N[C@@H]1CCN(c2ccc(Cl)c(F)c2)C1)c1ccon1. The van der Waals surface area contributed by atoms with Crippen molar-refractivity contribution >= 4 is 23.2 Å². The summed E-state index contributed by atoms with van der Waals surface area (Å²) in [4.78, 5) is 13.9. The van der Waals surface area contributed by atoms with Gasteiger partial charge in [0.25, 0.3) is 5.91 Å². The standard InChI is InChI=1S/C14H13ClFN3O2/c15-11-2-1-10(7-12(11)16)19-5-3-9(8-19)17-14(20)13-4-6-21-18-13/h1-2,4,6-7,9H,3,5,8H2,(H,17,20)/t9-/m1/s1. The number of anilines is 1. The van der Waals surface area contributed by atoms with Gasteiger partial charge in [-0.05, 0) is 24.6 Å². The lowest BCUT2D eigenvalue weighted by atomic mass is 10.2. The number of carbonyl (C=O) groups is 1. The lowest BCUT2D eigenvalue weighted by molar-refractivity contribution is 0.0931. The molecule has 1 atom stereocenters. The molecule has 0 saturated carbocycles. The molecule has 0 radical (unpaired) electrons. The Morgan fingerprint density at radius 1 is 1.48 bits per heavy atom. The van der Waals surface area contributed by atoms with Crippen LogP contribution in [-0.4, -0.2) is 30.2 Å². The molecule has 1 amide bonds. The third-order valence-corrected chi connectivity index (χ3v) is 3.77. The Hall–Kier alpha value is -2.08. The molecule has 2 aromatic rings. The highest BCUT2D eigenvalue weighted by molar-refractivity contribution is 6.30. The minimum Gasteiger partial charge on any atom is -0.369 e. The molecule has 0 spiro atoms. The van der Waals surface area contributed by atoms with Gasteiger partial charge in [0.05, 0.1) is 5.02 Å². The first kappa shape index (κ1) is 13.9. The van der Waals surface area contributed by atoms with Crippen molar-refractivity contribution in [2.24, 2.45) is 0 Å². The highest BCUT2D eigenvalue weighted by Crippen LogP contribution is 2.25. The van der Waals surface area contributed by atoms with Crippen LogP contribution in [0, 0.1) is 5.82 Å². The van der Waals surface area contributed by atoms with Crippen molar-refractivity contribution < 1.29 is 13.7 Å². The number of nitrogens with one attached hydrogen (secondary N) is 1. The zero-order valence-electron chi connectivity index (χ0n) is 11.1. The van der Waals surface area contributed by atoms with Crippen LogP contribution < -0.4 is 10.2 Å². The Labute approximate surface area is 125 Å². The fourth-order valence-corrected chi connectivity index (χ4v) is 2.50. The van der Waals surface area contributed by atoms with Crippen molar-refractivity contribution in [3.05, 3.63) is 47.1 Å². The van der Waals surface area contributed by atoms with Gasteiger partial charge in [-0.15, -0.1) is 0 Å². The van der Waals surface area contributed by atoms with Gasteiger partial charge in [-0.1, -0.05) is 16.8 Å². The Balaban J connectivity index is 1.62. The molecule has 3 rings (SSSR count). The van der Waals surface area contributed by atoms with E-state index in [4.69, 9.17) is 11.6 Å². The molecule has 0 aliphatic carbocycles. The number of benzene rings is 1. The van der Waals surface area contributed by atoms with Crippen molar-refractivity contribution in [3.63, 3.8) is 0 Å². The highest BCUT2D eigenvalue weighted by atomic mass is 35.5. The minimum absolute atomic E-state index is 0.00654. The Morgan fingerprint density at radius 3 is 3.05 bits per heavy atom. The van der Waals surface area contributed by atoms with Crippen molar-refractivity contribution in [2.75, 3.05) is 18.0 Å². The predicted molar refractivity (Wildman–Crippen MR) is 76.0 cm³/mol. The van der Waals surface area contributed by atoms with Gasteiger partial charge >= 0.3 is 0 Å². The van der Waals surface area contributed by atoms with E-state index in [1.165, 1.54) is 24.5 Å². The monoisotopic (exact) mass is 309 g/mol. The van der Waals surface area contributed by atoms with Crippen molar-refractivity contribution in [1.29, 1.82) is 0 Å². The van der Waals surface area contributed by atoms with Gasteiger partial charge in [0, 0.05) is 30.9 Å². The number of hydrogen-bond donors (Lipinski definition) is 1. The van der Waals surface area contributed by atoms with Crippen LogP contribution in [0.4, 0.5) is 10.1 Å². The summed E-state index contributed by atoms with van der Waals surface area (Å²) in [5, 5.41) is 6.58. The Kier molecular flexibility index (Phi) is 3.79. The largest absolute Gasteiger partial charge is 0.369 e. The van der Waals surface area contributed by atoms with Gasteiger partial charge in [-0.25, -0.2) is 4.39 Å². The van der Waals surface area contributed by atoms with E-state index in [0.717, 1.165) is 18.7 Å². The second kappa shape index (κ2) is 5.73. The third kappa shape index (κ3) is 3.00. The fraction of sp³-hybridized carbons (Fsp3) is 0.286. The zero-order chi connectivity index (χ0) is 14.8. The number of aromatic nitrogens is 1. The van der Waals surface area contributed by atoms with Gasteiger partial charge in [0.2, 0.25) is 0 Å². The molecule has 1 aliphatic heterocycles. The van der Waals surface area contributed by atoms with Crippen LogP contribution in [-0.2, 0) is 0 Å². The molecule has 1 fully saturated rings. The van der Waals surface area contributed by atoms with Gasteiger partial charge in [-0.2, -0.15) is 0 Å². The normalized spacial score (nSPS) is 18.0. The van der Waals surface area contributed by atoms with E-state index in [2.05, 4.69) is 15.0 Å². The zero-order valence-corrected chi connectivity index (χ0v) is 11.8. The van der Waals surface area contributed by atoms with E-state index < -0.39 is 5.82 Å². The molecular weight excluding hydrogens is 297 g/mol. The highest BCUT2D eigenvalue weighted by Gasteiger charge is 2.25. The first-order valence-corrected chi connectivity index (χ1v) is 6.92. The lowest BCUT2D eigenvalue weighted by Gasteiger charge is -2.19. The topological polar surface area (TPSA) is 58.4 Å². The second-order valence-corrected chi connectivity index (χ2v) is 5.30. The maximum absolute atomic E-state index is 13.5. The first-order chi connectivity index (χ1) is 10.1. The molecular formula is C14H13ClFN3O2. The lowest BCUT2D eigenvalue weighted by Crippen LogP contribution is -2.37. The number of nitrogens with zero attached hydrogens (tertiary/aromatic N) is 2. The molecule has 7 heteroatoms. The van der Waals surface area contributed by atoms with E-state index in [1.807, 2.05) is 4.90 Å². The molecule has 1 saturated heterocycles. The summed E-state index contributed by atoms with van der Waals surface area (Å²) in [5.74, 6) is -0.706. The summed E-state index contributed by atoms with van der Waals surface area (Å²) in [6.07, 6.45) is 2.14. The molecule has 0 unspecified atom stereocenters. The maximum Gasteiger partial charge on any atom is 0.273 e. The summed E-state index contributed by atoms with van der Waals surface area (Å²) in [6.45, 7) is 1.36. The van der Waals surface area contributed by atoms with Gasteiger partial charge in [0.1, 0.15) is 12.1 Å². The summed E-state index contributed by atoms with van der Waals surface area (Å²) in [7, 11) is 0. The molecule has 110 valence electrons. The Morgan fingerprint density at radius 2 is 2.33 bits per heavy atom. The van der Waals surface area contributed by atoms with Gasteiger partial charge in [0.15, 0.2) is 5.69 Å². The molecule has 1 aromatic carbocycles. The van der Waals surface area contributed by atoms with Crippen molar-refractivity contribution in [3.8, 4) is 0 Å². The number of hydrogen-bond acceptors (Lipinski definition) is 4. The summed E-state index contributed by atoms with van der Waals surface area (Å²) >= 11 is 5.68. The molecule has 5 nitrogen and oxygen atoms in total. The summed E-state index contributed by atoms with van der Waals surface area (Å²) < 4.78 is 18.1. The van der Waals surface area contributed by atoms with E-state index >= 15 is 0 Å². The van der Waals surface area contributed by atoms with Crippen LogP contribution in [0.3, 0.4) is 0 Å². The average molecular weight is 310 g/mol. The summed E-state index contributed by atoms with van der Waals surface area (Å²) in [5.41, 5.74) is 1.01. The predicted octanol–water partition coefficient (Wildman–Crippen LogP) is 2.48. The molecule has 2 heterocycles. The second-order valence-electron chi connectivity index (χ2n) is 4.89. The van der Waals surface area contributed by atoms with Crippen LogP contribution in [0.1, 0.15) is 16.9 Å². The van der Waals surface area contributed by atoms with Crippen LogP contribution >= 0.6 is 11.6 Å².